The number of hydrogen-bond acceptors (Lipinski definition) is 4. The van der Waals surface area contributed by atoms with Crippen LogP contribution in [0.25, 0.3) is 0 Å². The van der Waals surface area contributed by atoms with Crippen LogP contribution in [0.5, 0.6) is 0 Å². The summed E-state index contributed by atoms with van der Waals surface area (Å²) in [4.78, 5) is 32.0. The third-order valence-corrected chi connectivity index (χ3v) is 7.41. The molecule has 1 saturated carbocycles. The van der Waals surface area contributed by atoms with Gasteiger partial charge in [-0.25, -0.2) is 0 Å². The third-order valence-electron chi connectivity index (χ3n) is 7.17. The van der Waals surface area contributed by atoms with E-state index in [9.17, 15) is 9.59 Å². The van der Waals surface area contributed by atoms with Crippen molar-refractivity contribution in [2.75, 3.05) is 29.4 Å². The van der Waals surface area contributed by atoms with Crippen LogP contribution in [0.3, 0.4) is 0 Å². The first-order chi connectivity index (χ1) is 14.3. The molecule has 30 heavy (non-hydrogen) atoms. The summed E-state index contributed by atoms with van der Waals surface area (Å²) in [5.41, 5.74) is 2.05. The minimum atomic E-state index is -0.968. The Balaban J connectivity index is 1.62. The molecule has 156 valence electrons. The number of rotatable bonds is 1. The number of para-hydroxylation sites is 1. The van der Waals surface area contributed by atoms with Crippen molar-refractivity contribution in [2.24, 2.45) is 10.8 Å². The molecular formula is C25H27ClN2O2. The van der Waals surface area contributed by atoms with Gasteiger partial charge in [0.1, 0.15) is 17.0 Å². The molecule has 4 nitrogen and oxygen atoms in total. The van der Waals surface area contributed by atoms with Crippen LogP contribution in [0.4, 0.5) is 11.4 Å². The van der Waals surface area contributed by atoms with Crippen molar-refractivity contribution in [1.29, 1.82) is 0 Å². The van der Waals surface area contributed by atoms with Crippen molar-refractivity contribution in [3.8, 4) is 0 Å². The average Bonchev–Trinajstić information content (AvgIpc) is 2.72. The van der Waals surface area contributed by atoms with Crippen LogP contribution in [-0.4, -0.2) is 37.2 Å². The number of piperazine rings is 1. The van der Waals surface area contributed by atoms with Crippen LogP contribution in [-0.2, 0) is 16.0 Å². The van der Waals surface area contributed by atoms with Crippen molar-refractivity contribution >= 4 is 34.5 Å². The SMILES string of the molecule is CC1(C)CC(=O)C2(Cc3ccc(Cl)cc3N3CCN(c4ccccc4)C[C@H]32)C(=O)C1. The number of carbonyl (C=O) groups excluding carboxylic acids is 2. The first-order valence-electron chi connectivity index (χ1n) is 10.7. The first kappa shape index (κ1) is 19.6. The Hall–Kier alpha value is -2.33. The van der Waals surface area contributed by atoms with Crippen molar-refractivity contribution in [3.63, 3.8) is 0 Å². The molecule has 2 aliphatic heterocycles. The van der Waals surface area contributed by atoms with Gasteiger partial charge in [0.15, 0.2) is 0 Å². The van der Waals surface area contributed by atoms with Crippen LogP contribution < -0.4 is 9.80 Å². The molecule has 5 rings (SSSR count). The Morgan fingerprint density at radius 2 is 1.63 bits per heavy atom. The zero-order valence-corrected chi connectivity index (χ0v) is 18.3. The van der Waals surface area contributed by atoms with Crippen LogP contribution in [0.2, 0.25) is 5.02 Å². The third kappa shape index (κ3) is 2.96. The second kappa shape index (κ2) is 6.84. The van der Waals surface area contributed by atoms with Crippen molar-refractivity contribution in [3.05, 3.63) is 59.1 Å². The van der Waals surface area contributed by atoms with Gasteiger partial charge < -0.3 is 9.80 Å². The molecule has 0 radical (unpaired) electrons. The van der Waals surface area contributed by atoms with Gasteiger partial charge in [-0.2, -0.15) is 0 Å². The molecule has 0 amide bonds. The molecule has 5 heteroatoms. The van der Waals surface area contributed by atoms with Gasteiger partial charge in [0.2, 0.25) is 0 Å². The van der Waals surface area contributed by atoms with E-state index in [0.29, 0.717) is 30.8 Å². The van der Waals surface area contributed by atoms with Crippen LogP contribution >= 0.6 is 11.6 Å². The van der Waals surface area contributed by atoms with E-state index in [-0.39, 0.29) is 23.0 Å². The van der Waals surface area contributed by atoms with E-state index in [4.69, 9.17) is 11.6 Å². The van der Waals surface area contributed by atoms with E-state index in [2.05, 4.69) is 21.9 Å². The number of hydrogen-bond donors (Lipinski definition) is 0. The normalized spacial score (nSPS) is 24.6. The quantitative estimate of drug-likeness (QED) is 0.633. The van der Waals surface area contributed by atoms with Crippen LogP contribution in [0.15, 0.2) is 48.5 Å². The summed E-state index contributed by atoms with van der Waals surface area (Å²) in [6.45, 7) is 6.32. The minimum absolute atomic E-state index is 0.106. The number of nitrogens with zero attached hydrogens (tertiary/aromatic N) is 2. The van der Waals surface area contributed by atoms with E-state index < -0.39 is 5.41 Å². The number of carbonyl (C=O) groups is 2. The Kier molecular flexibility index (Phi) is 4.48. The van der Waals surface area contributed by atoms with Crippen LogP contribution in [0, 0.1) is 10.8 Å². The molecule has 1 atom stereocenters. The first-order valence-corrected chi connectivity index (χ1v) is 11.1. The summed E-state index contributed by atoms with van der Waals surface area (Å²) >= 11 is 6.33. The Morgan fingerprint density at radius 1 is 0.933 bits per heavy atom. The molecular weight excluding hydrogens is 396 g/mol. The highest BCUT2D eigenvalue weighted by atomic mass is 35.5. The van der Waals surface area contributed by atoms with Gasteiger partial charge in [0.05, 0.1) is 6.04 Å². The molecule has 1 spiro atoms. The summed E-state index contributed by atoms with van der Waals surface area (Å²) in [7, 11) is 0. The van der Waals surface area contributed by atoms with E-state index in [0.717, 1.165) is 30.0 Å². The summed E-state index contributed by atoms with van der Waals surface area (Å²) in [5, 5.41) is 0.691. The molecule has 0 aromatic heterocycles. The average molecular weight is 423 g/mol. The van der Waals surface area contributed by atoms with Gasteiger partial charge in [-0.05, 0) is 41.7 Å². The van der Waals surface area contributed by atoms with Gasteiger partial charge in [-0.3, -0.25) is 9.59 Å². The predicted molar refractivity (Wildman–Crippen MR) is 120 cm³/mol. The molecule has 2 fully saturated rings. The smallest absolute Gasteiger partial charge is 0.149 e. The highest BCUT2D eigenvalue weighted by Crippen LogP contribution is 2.51. The van der Waals surface area contributed by atoms with E-state index in [1.165, 1.54) is 0 Å². The monoisotopic (exact) mass is 422 g/mol. The maximum Gasteiger partial charge on any atom is 0.149 e. The van der Waals surface area contributed by atoms with E-state index >= 15 is 0 Å². The second-order valence-electron chi connectivity index (χ2n) is 9.78. The fraction of sp³-hybridized carbons (Fsp3) is 0.440. The number of Topliss-reactive ketones (excluding diaryl/α,β-unsaturated/α-hetero) is 2. The maximum atomic E-state index is 13.7. The van der Waals surface area contributed by atoms with Gasteiger partial charge in [0, 0.05) is 48.9 Å². The molecule has 0 bridgehead atoms. The Bertz CT molecular complexity index is 997. The van der Waals surface area contributed by atoms with Crippen LogP contribution in [0.1, 0.15) is 32.3 Å². The summed E-state index contributed by atoms with van der Waals surface area (Å²) in [5.74, 6) is 0.212. The summed E-state index contributed by atoms with van der Waals surface area (Å²) in [6, 6.07) is 16.0. The zero-order chi connectivity index (χ0) is 21.1. The fourth-order valence-corrected chi connectivity index (χ4v) is 5.88. The Labute approximate surface area is 182 Å². The molecule has 1 saturated heterocycles. The summed E-state index contributed by atoms with van der Waals surface area (Å²) in [6.07, 6.45) is 1.39. The minimum Gasteiger partial charge on any atom is -0.368 e. The Morgan fingerprint density at radius 3 is 2.33 bits per heavy atom. The standard InChI is InChI=1S/C25H27ClN2O2/c1-24(2)14-22(29)25(23(30)15-24)13-17-8-9-18(26)12-20(17)28-11-10-27(16-21(25)28)19-6-4-3-5-7-19/h3-9,12,21H,10-11,13-16H2,1-2H3/t21-/m0/s1. The highest BCUT2D eigenvalue weighted by molar-refractivity contribution is 6.31. The lowest BCUT2D eigenvalue weighted by Gasteiger charge is -2.56. The summed E-state index contributed by atoms with van der Waals surface area (Å²) < 4.78 is 0. The second-order valence-corrected chi connectivity index (χ2v) is 10.2. The predicted octanol–water partition coefficient (Wildman–Crippen LogP) is 4.54. The number of fused-ring (bicyclic) bond motifs is 4. The van der Waals surface area contributed by atoms with Crippen molar-refractivity contribution < 1.29 is 9.59 Å². The van der Waals surface area contributed by atoms with Gasteiger partial charge in [-0.1, -0.05) is 49.7 Å². The molecule has 2 aromatic rings. The molecule has 0 N–H and O–H groups in total. The highest BCUT2D eigenvalue weighted by Gasteiger charge is 2.60. The molecule has 1 aliphatic carbocycles. The van der Waals surface area contributed by atoms with Gasteiger partial charge >= 0.3 is 0 Å². The lowest BCUT2D eigenvalue weighted by Crippen LogP contribution is -2.69. The largest absolute Gasteiger partial charge is 0.368 e. The van der Waals surface area contributed by atoms with Gasteiger partial charge in [0.25, 0.3) is 0 Å². The lowest BCUT2D eigenvalue weighted by molar-refractivity contribution is -0.150. The topological polar surface area (TPSA) is 40.6 Å². The molecule has 2 heterocycles. The van der Waals surface area contributed by atoms with Crippen molar-refractivity contribution in [1.82, 2.24) is 0 Å². The number of halogens is 1. The zero-order valence-electron chi connectivity index (χ0n) is 17.5. The molecule has 2 aromatic carbocycles. The number of benzene rings is 2. The van der Waals surface area contributed by atoms with E-state index in [1.54, 1.807) is 0 Å². The van der Waals surface area contributed by atoms with Crippen molar-refractivity contribution in [2.45, 2.75) is 39.2 Å². The lowest BCUT2D eigenvalue weighted by atomic mass is 9.56. The number of ketones is 2. The van der Waals surface area contributed by atoms with Gasteiger partial charge in [-0.15, -0.1) is 0 Å². The molecule has 3 aliphatic rings. The number of anilines is 2. The van der Waals surface area contributed by atoms with E-state index in [1.807, 2.05) is 50.2 Å². The molecule has 0 unspecified atom stereocenters. The fourth-order valence-electron chi connectivity index (χ4n) is 5.71. The maximum absolute atomic E-state index is 13.7.